The lowest BCUT2D eigenvalue weighted by atomic mass is 10.2. The molecule has 0 N–H and O–H groups in total. The summed E-state index contributed by atoms with van der Waals surface area (Å²) in [5.74, 6) is 0.0545. The number of morpholine rings is 1. The molecular weight excluding hydrogens is 288 g/mol. The third-order valence-electron chi connectivity index (χ3n) is 3.71. The Morgan fingerprint density at radius 3 is 2.90 bits per heavy atom. The van der Waals surface area contributed by atoms with E-state index in [4.69, 9.17) is 10.00 Å². The molecule has 2 rings (SSSR count). The van der Waals surface area contributed by atoms with Crippen molar-refractivity contribution >= 4 is 9.84 Å². The molecule has 1 aromatic rings. The number of ether oxygens (including phenoxy) is 1. The van der Waals surface area contributed by atoms with Gasteiger partial charge in [0.2, 0.25) is 0 Å². The topological polar surface area (TPSA) is 70.4 Å². The van der Waals surface area contributed by atoms with Crippen LogP contribution in [0.2, 0.25) is 0 Å². The van der Waals surface area contributed by atoms with E-state index in [9.17, 15) is 8.42 Å². The SMILES string of the molecule is C[C@@H]1CN(CCS(=O)(=O)c2cccc(C#N)c2)[C@@H](C)CO1. The Morgan fingerprint density at radius 2 is 2.19 bits per heavy atom. The van der Waals surface area contributed by atoms with Gasteiger partial charge in [-0.2, -0.15) is 5.26 Å². The summed E-state index contributed by atoms with van der Waals surface area (Å²) in [6.07, 6.45) is 0.130. The maximum Gasteiger partial charge on any atom is 0.179 e. The first-order chi connectivity index (χ1) is 9.92. The highest BCUT2D eigenvalue weighted by molar-refractivity contribution is 7.91. The van der Waals surface area contributed by atoms with Gasteiger partial charge in [0.25, 0.3) is 0 Å². The lowest BCUT2D eigenvalue weighted by molar-refractivity contribution is -0.0469. The van der Waals surface area contributed by atoms with Gasteiger partial charge >= 0.3 is 0 Å². The third-order valence-corrected chi connectivity index (χ3v) is 5.40. The van der Waals surface area contributed by atoms with E-state index in [2.05, 4.69) is 4.90 Å². The zero-order valence-electron chi connectivity index (χ0n) is 12.3. The Kier molecular flexibility index (Phi) is 4.99. The molecule has 5 nitrogen and oxygen atoms in total. The molecule has 1 saturated heterocycles. The molecule has 0 saturated carbocycles. The van der Waals surface area contributed by atoms with E-state index in [-0.39, 0.29) is 22.8 Å². The molecule has 1 aromatic carbocycles. The minimum absolute atomic E-state index is 0.0545. The molecule has 1 heterocycles. The van der Waals surface area contributed by atoms with Gasteiger partial charge in [0.15, 0.2) is 9.84 Å². The van der Waals surface area contributed by atoms with Gasteiger partial charge in [0.1, 0.15) is 0 Å². The van der Waals surface area contributed by atoms with E-state index < -0.39 is 9.84 Å². The van der Waals surface area contributed by atoms with Crippen molar-refractivity contribution < 1.29 is 13.2 Å². The van der Waals surface area contributed by atoms with Crippen molar-refractivity contribution in [3.05, 3.63) is 29.8 Å². The highest BCUT2D eigenvalue weighted by Gasteiger charge is 2.25. The summed E-state index contributed by atoms with van der Waals surface area (Å²) in [6.45, 7) is 5.88. The molecule has 1 aliphatic heterocycles. The fourth-order valence-electron chi connectivity index (χ4n) is 2.40. The van der Waals surface area contributed by atoms with Crippen LogP contribution in [0.1, 0.15) is 19.4 Å². The molecule has 0 radical (unpaired) electrons. The number of sulfone groups is 1. The number of nitrogens with zero attached hydrogens (tertiary/aromatic N) is 2. The van der Waals surface area contributed by atoms with E-state index in [1.54, 1.807) is 18.2 Å². The van der Waals surface area contributed by atoms with Crippen LogP contribution < -0.4 is 0 Å². The summed E-state index contributed by atoms with van der Waals surface area (Å²) in [7, 11) is -3.37. The maximum atomic E-state index is 12.4. The van der Waals surface area contributed by atoms with Crippen LogP contribution in [0.5, 0.6) is 0 Å². The van der Waals surface area contributed by atoms with Gasteiger partial charge in [-0.15, -0.1) is 0 Å². The number of rotatable bonds is 4. The van der Waals surface area contributed by atoms with Crippen LogP contribution >= 0.6 is 0 Å². The molecular formula is C15H20N2O3S. The Bertz CT molecular complexity index is 637. The Labute approximate surface area is 126 Å². The summed E-state index contributed by atoms with van der Waals surface area (Å²) in [5, 5.41) is 8.86. The zero-order chi connectivity index (χ0) is 15.5. The molecule has 114 valence electrons. The van der Waals surface area contributed by atoms with E-state index in [0.29, 0.717) is 18.7 Å². The van der Waals surface area contributed by atoms with E-state index in [1.165, 1.54) is 6.07 Å². The molecule has 0 unspecified atom stereocenters. The fraction of sp³-hybridized carbons (Fsp3) is 0.533. The first kappa shape index (κ1) is 16.0. The minimum Gasteiger partial charge on any atom is -0.376 e. The van der Waals surface area contributed by atoms with Crippen molar-refractivity contribution in [1.29, 1.82) is 5.26 Å². The van der Waals surface area contributed by atoms with Crippen molar-refractivity contribution in [1.82, 2.24) is 4.90 Å². The second kappa shape index (κ2) is 6.56. The first-order valence-corrected chi connectivity index (χ1v) is 8.66. The summed E-state index contributed by atoms with van der Waals surface area (Å²) < 4.78 is 30.3. The third kappa shape index (κ3) is 4.03. The van der Waals surface area contributed by atoms with Gasteiger partial charge in [-0.3, -0.25) is 4.90 Å². The summed E-state index contributed by atoms with van der Waals surface area (Å²) >= 11 is 0. The number of hydrogen-bond acceptors (Lipinski definition) is 5. The lowest BCUT2D eigenvalue weighted by Crippen LogP contribution is -2.48. The van der Waals surface area contributed by atoms with Crippen molar-refractivity contribution in [2.45, 2.75) is 30.9 Å². The van der Waals surface area contributed by atoms with Gasteiger partial charge in [0, 0.05) is 19.1 Å². The number of nitriles is 1. The Balaban J connectivity index is 2.05. The standard InChI is InChI=1S/C15H20N2O3S/c1-12-11-20-13(2)10-17(12)6-7-21(18,19)15-5-3-4-14(8-15)9-16/h3-5,8,12-13H,6-7,10-11H2,1-2H3/t12-,13+/m0/s1. The summed E-state index contributed by atoms with van der Waals surface area (Å²) in [6, 6.07) is 8.37. The number of benzene rings is 1. The molecule has 2 atom stereocenters. The smallest absolute Gasteiger partial charge is 0.179 e. The fourth-order valence-corrected chi connectivity index (χ4v) is 3.70. The molecule has 1 fully saturated rings. The second-order valence-corrected chi connectivity index (χ2v) is 7.56. The second-order valence-electron chi connectivity index (χ2n) is 5.45. The van der Waals surface area contributed by atoms with Crippen molar-refractivity contribution in [3.63, 3.8) is 0 Å². The normalized spacial score (nSPS) is 23.7. The van der Waals surface area contributed by atoms with Crippen molar-refractivity contribution in [3.8, 4) is 6.07 Å². The quantitative estimate of drug-likeness (QED) is 0.842. The number of hydrogen-bond donors (Lipinski definition) is 0. The minimum atomic E-state index is -3.37. The van der Waals surface area contributed by atoms with Gasteiger partial charge in [-0.1, -0.05) is 6.07 Å². The monoisotopic (exact) mass is 308 g/mol. The molecule has 0 spiro atoms. The van der Waals surface area contributed by atoms with Gasteiger partial charge in [0.05, 0.1) is 35.0 Å². The highest BCUT2D eigenvalue weighted by Crippen LogP contribution is 2.16. The van der Waals surface area contributed by atoms with E-state index in [0.717, 1.165) is 6.54 Å². The summed E-state index contributed by atoms with van der Waals surface area (Å²) in [4.78, 5) is 2.36. The average Bonchev–Trinajstić information content (AvgIpc) is 2.48. The van der Waals surface area contributed by atoms with Crippen LogP contribution in [-0.4, -0.2) is 50.9 Å². The molecule has 21 heavy (non-hydrogen) atoms. The molecule has 6 heteroatoms. The van der Waals surface area contributed by atoms with Crippen molar-refractivity contribution in [2.75, 3.05) is 25.4 Å². The lowest BCUT2D eigenvalue weighted by Gasteiger charge is -2.36. The van der Waals surface area contributed by atoms with Gasteiger partial charge in [-0.05, 0) is 32.0 Å². The zero-order valence-corrected chi connectivity index (χ0v) is 13.1. The highest BCUT2D eigenvalue weighted by atomic mass is 32.2. The van der Waals surface area contributed by atoms with Crippen LogP contribution in [0.4, 0.5) is 0 Å². The molecule has 0 aromatic heterocycles. The molecule has 1 aliphatic rings. The van der Waals surface area contributed by atoms with Crippen LogP contribution in [0.25, 0.3) is 0 Å². The van der Waals surface area contributed by atoms with E-state index >= 15 is 0 Å². The predicted octanol–water partition coefficient (Wildman–Crippen LogP) is 1.44. The molecule has 0 bridgehead atoms. The summed E-state index contributed by atoms with van der Waals surface area (Å²) in [5.41, 5.74) is 0.365. The Hall–Kier alpha value is -1.42. The van der Waals surface area contributed by atoms with Crippen molar-refractivity contribution in [2.24, 2.45) is 0 Å². The van der Waals surface area contributed by atoms with Crippen LogP contribution in [0, 0.1) is 11.3 Å². The van der Waals surface area contributed by atoms with Crippen LogP contribution in [0.3, 0.4) is 0 Å². The maximum absolute atomic E-state index is 12.4. The predicted molar refractivity (Wildman–Crippen MR) is 79.7 cm³/mol. The van der Waals surface area contributed by atoms with Gasteiger partial charge in [-0.25, -0.2) is 8.42 Å². The largest absolute Gasteiger partial charge is 0.376 e. The first-order valence-electron chi connectivity index (χ1n) is 7.01. The van der Waals surface area contributed by atoms with Gasteiger partial charge < -0.3 is 4.74 Å². The molecule has 0 aliphatic carbocycles. The van der Waals surface area contributed by atoms with Crippen LogP contribution in [-0.2, 0) is 14.6 Å². The van der Waals surface area contributed by atoms with Crippen LogP contribution in [0.15, 0.2) is 29.2 Å². The Morgan fingerprint density at radius 1 is 1.43 bits per heavy atom. The molecule has 0 amide bonds. The average molecular weight is 308 g/mol. The van der Waals surface area contributed by atoms with E-state index in [1.807, 2.05) is 19.9 Å².